The fourth-order valence-corrected chi connectivity index (χ4v) is 2.70. The molecule has 0 aliphatic carbocycles. The Hall–Kier alpha value is -1.79. The van der Waals surface area contributed by atoms with Crippen molar-refractivity contribution in [3.05, 3.63) is 58.1 Å². The summed E-state index contributed by atoms with van der Waals surface area (Å²) in [6.07, 6.45) is -0.711. The van der Waals surface area contributed by atoms with Crippen LogP contribution < -0.4 is 10.1 Å². The van der Waals surface area contributed by atoms with E-state index in [0.29, 0.717) is 22.3 Å². The molecule has 2 aromatic carbocycles. The molecule has 0 fully saturated rings. The number of rotatable bonds is 8. The maximum absolute atomic E-state index is 12.1. The number of hydrogen-bond acceptors (Lipinski definition) is 4. The van der Waals surface area contributed by atoms with Gasteiger partial charge in [0.25, 0.3) is 0 Å². The number of ether oxygens (including phenoxy) is 1. The molecule has 1 atom stereocenters. The number of benzene rings is 2. The first kappa shape index (κ1) is 20.5. The SMILES string of the molecule is Cc1ccccc1OCC(O)CN(C)CC(=O)Nc1ccc(Cl)c(Cl)c1. The van der Waals surface area contributed by atoms with Crippen LogP contribution in [0.5, 0.6) is 5.75 Å². The van der Waals surface area contributed by atoms with Crippen LogP contribution in [0, 0.1) is 6.92 Å². The Morgan fingerprint density at radius 3 is 2.65 bits per heavy atom. The monoisotopic (exact) mass is 396 g/mol. The summed E-state index contributed by atoms with van der Waals surface area (Å²) in [5.74, 6) is 0.532. The number of aliphatic hydroxyl groups excluding tert-OH is 1. The van der Waals surface area contributed by atoms with E-state index in [0.717, 1.165) is 11.3 Å². The van der Waals surface area contributed by atoms with Gasteiger partial charge in [0.1, 0.15) is 18.5 Å². The van der Waals surface area contributed by atoms with Crippen LogP contribution in [0.25, 0.3) is 0 Å². The number of amides is 1. The number of nitrogens with zero attached hydrogens (tertiary/aromatic N) is 1. The molecule has 0 radical (unpaired) electrons. The summed E-state index contributed by atoms with van der Waals surface area (Å²) in [6.45, 7) is 2.53. The summed E-state index contributed by atoms with van der Waals surface area (Å²) < 4.78 is 5.62. The van der Waals surface area contributed by atoms with E-state index in [2.05, 4.69) is 5.32 Å². The lowest BCUT2D eigenvalue weighted by atomic mass is 10.2. The summed E-state index contributed by atoms with van der Waals surface area (Å²) in [5, 5.41) is 13.7. The Morgan fingerprint density at radius 2 is 1.96 bits per heavy atom. The minimum absolute atomic E-state index is 0.127. The molecule has 2 N–H and O–H groups in total. The van der Waals surface area contributed by atoms with Crippen molar-refractivity contribution in [1.82, 2.24) is 4.90 Å². The molecule has 0 heterocycles. The van der Waals surface area contributed by atoms with Crippen molar-refractivity contribution in [3.63, 3.8) is 0 Å². The topological polar surface area (TPSA) is 61.8 Å². The van der Waals surface area contributed by atoms with Crippen molar-refractivity contribution >= 4 is 34.8 Å². The molecular weight excluding hydrogens is 375 g/mol. The number of anilines is 1. The third-order valence-electron chi connectivity index (χ3n) is 3.66. The molecule has 1 amide bonds. The van der Waals surface area contributed by atoms with Crippen molar-refractivity contribution in [1.29, 1.82) is 0 Å². The second-order valence-corrected chi connectivity index (χ2v) is 6.92. The Morgan fingerprint density at radius 1 is 1.23 bits per heavy atom. The van der Waals surface area contributed by atoms with E-state index in [1.54, 1.807) is 30.1 Å². The van der Waals surface area contributed by atoms with Crippen LogP contribution in [-0.2, 0) is 4.79 Å². The lowest BCUT2D eigenvalue weighted by molar-refractivity contribution is -0.117. The van der Waals surface area contributed by atoms with Gasteiger partial charge in [-0.1, -0.05) is 41.4 Å². The van der Waals surface area contributed by atoms with E-state index in [-0.39, 0.29) is 19.1 Å². The lowest BCUT2D eigenvalue weighted by Crippen LogP contribution is -2.37. The molecule has 7 heteroatoms. The van der Waals surface area contributed by atoms with Crippen LogP contribution in [-0.4, -0.2) is 48.8 Å². The summed E-state index contributed by atoms with van der Waals surface area (Å²) in [6, 6.07) is 12.5. The minimum atomic E-state index is -0.711. The second-order valence-electron chi connectivity index (χ2n) is 6.10. The Balaban J connectivity index is 1.76. The first-order valence-electron chi connectivity index (χ1n) is 8.15. The van der Waals surface area contributed by atoms with Crippen LogP contribution in [0.4, 0.5) is 5.69 Å². The zero-order valence-corrected chi connectivity index (χ0v) is 16.2. The van der Waals surface area contributed by atoms with Gasteiger partial charge in [0.15, 0.2) is 0 Å². The number of carbonyl (C=O) groups excluding carboxylic acids is 1. The average molecular weight is 397 g/mol. The van der Waals surface area contributed by atoms with Gasteiger partial charge >= 0.3 is 0 Å². The summed E-state index contributed by atoms with van der Waals surface area (Å²) in [5.41, 5.74) is 1.58. The predicted octanol–water partition coefficient (Wildman–Crippen LogP) is 3.61. The standard InChI is InChI=1S/C19H22Cl2N2O3/c1-13-5-3-4-6-18(13)26-12-15(24)10-23(2)11-19(25)22-14-7-8-16(20)17(21)9-14/h3-9,15,24H,10-12H2,1-2H3,(H,22,25). The average Bonchev–Trinajstić information content (AvgIpc) is 2.57. The maximum Gasteiger partial charge on any atom is 0.238 e. The zero-order chi connectivity index (χ0) is 19.1. The van der Waals surface area contributed by atoms with Gasteiger partial charge in [-0.2, -0.15) is 0 Å². The van der Waals surface area contributed by atoms with E-state index in [9.17, 15) is 9.90 Å². The highest BCUT2D eigenvalue weighted by Crippen LogP contribution is 2.24. The molecule has 5 nitrogen and oxygen atoms in total. The fourth-order valence-electron chi connectivity index (χ4n) is 2.40. The minimum Gasteiger partial charge on any atom is -0.491 e. The molecule has 26 heavy (non-hydrogen) atoms. The highest BCUT2D eigenvalue weighted by molar-refractivity contribution is 6.42. The first-order chi connectivity index (χ1) is 12.3. The molecule has 0 spiro atoms. The summed E-state index contributed by atoms with van der Waals surface area (Å²) in [7, 11) is 1.76. The highest BCUT2D eigenvalue weighted by atomic mass is 35.5. The van der Waals surface area contributed by atoms with Crippen LogP contribution in [0.2, 0.25) is 10.0 Å². The number of hydrogen-bond donors (Lipinski definition) is 2. The maximum atomic E-state index is 12.1. The van der Waals surface area contributed by atoms with E-state index in [1.165, 1.54) is 0 Å². The molecule has 1 unspecified atom stereocenters. The number of carbonyl (C=O) groups is 1. The van der Waals surface area contributed by atoms with Crippen LogP contribution in [0.1, 0.15) is 5.56 Å². The number of nitrogens with one attached hydrogen (secondary N) is 1. The molecular formula is C19H22Cl2N2O3. The van der Waals surface area contributed by atoms with Gasteiger partial charge in [-0.3, -0.25) is 9.69 Å². The first-order valence-corrected chi connectivity index (χ1v) is 8.90. The van der Waals surface area contributed by atoms with Crippen LogP contribution in [0.3, 0.4) is 0 Å². The van der Waals surface area contributed by atoms with E-state index in [4.69, 9.17) is 27.9 Å². The molecule has 2 aromatic rings. The lowest BCUT2D eigenvalue weighted by Gasteiger charge is -2.20. The van der Waals surface area contributed by atoms with Crippen LogP contribution >= 0.6 is 23.2 Å². The van der Waals surface area contributed by atoms with Crippen LogP contribution in [0.15, 0.2) is 42.5 Å². The molecule has 0 aromatic heterocycles. The zero-order valence-electron chi connectivity index (χ0n) is 14.7. The quantitative estimate of drug-likeness (QED) is 0.715. The third kappa shape index (κ3) is 6.50. The third-order valence-corrected chi connectivity index (χ3v) is 4.40. The van der Waals surface area contributed by atoms with Crippen molar-refractivity contribution in [2.24, 2.45) is 0 Å². The van der Waals surface area contributed by atoms with E-state index >= 15 is 0 Å². The molecule has 0 saturated heterocycles. The Kier molecular flexibility index (Phi) is 7.72. The number of aryl methyl sites for hydroxylation is 1. The van der Waals surface area contributed by atoms with Crippen molar-refractivity contribution in [3.8, 4) is 5.75 Å². The molecule has 0 aliphatic heterocycles. The van der Waals surface area contributed by atoms with Gasteiger partial charge in [-0.05, 0) is 43.8 Å². The molecule has 0 saturated carbocycles. The molecule has 0 aliphatic rings. The van der Waals surface area contributed by atoms with Gasteiger partial charge in [0.05, 0.1) is 16.6 Å². The van der Waals surface area contributed by atoms with Crippen molar-refractivity contribution < 1.29 is 14.6 Å². The molecule has 140 valence electrons. The second kappa shape index (κ2) is 9.78. The number of halogens is 2. The van der Waals surface area contributed by atoms with E-state index in [1.807, 2.05) is 31.2 Å². The number of likely N-dealkylation sites (N-methyl/N-ethyl adjacent to an activating group) is 1. The van der Waals surface area contributed by atoms with E-state index < -0.39 is 6.10 Å². The van der Waals surface area contributed by atoms with Crippen molar-refractivity contribution in [2.45, 2.75) is 13.0 Å². The highest BCUT2D eigenvalue weighted by Gasteiger charge is 2.13. The smallest absolute Gasteiger partial charge is 0.238 e. The van der Waals surface area contributed by atoms with Gasteiger partial charge < -0.3 is 15.2 Å². The van der Waals surface area contributed by atoms with Crippen molar-refractivity contribution in [2.75, 3.05) is 32.1 Å². The Bertz CT molecular complexity index is 755. The van der Waals surface area contributed by atoms with Gasteiger partial charge in [0.2, 0.25) is 5.91 Å². The molecule has 0 bridgehead atoms. The normalized spacial score (nSPS) is 12.1. The molecule has 2 rings (SSSR count). The summed E-state index contributed by atoms with van der Waals surface area (Å²) >= 11 is 11.8. The summed E-state index contributed by atoms with van der Waals surface area (Å²) in [4.78, 5) is 13.8. The van der Waals surface area contributed by atoms with Gasteiger partial charge in [-0.15, -0.1) is 0 Å². The number of aliphatic hydroxyl groups is 1. The predicted molar refractivity (Wildman–Crippen MR) is 105 cm³/mol. The fraction of sp³-hybridized carbons (Fsp3) is 0.316. The van der Waals surface area contributed by atoms with Gasteiger partial charge in [0, 0.05) is 12.2 Å². The number of para-hydroxylation sites is 1. The van der Waals surface area contributed by atoms with Gasteiger partial charge in [-0.25, -0.2) is 0 Å². The largest absolute Gasteiger partial charge is 0.491 e. The Labute approximate surface area is 163 Å².